The largest absolute Gasteiger partial charge is 0.385 e. The zero-order chi connectivity index (χ0) is 23.2. The third-order valence-electron chi connectivity index (χ3n) is 5.32. The van der Waals surface area contributed by atoms with Crippen LogP contribution in [0.25, 0.3) is 0 Å². The number of nitrogens with one attached hydrogen (secondary N) is 1. The predicted octanol–water partition coefficient (Wildman–Crippen LogP) is 8.71. The fraction of sp³-hybridized carbons (Fsp3) is 0.250. The molecular formula is C32H39N. The lowest BCUT2D eigenvalue weighted by molar-refractivity contribution is 0.600. The molecule has 0 aliphatic heterocycles. The first-order valence-electron chi connectivity index (χ1n) is 12.2. The van der Waals surface area contributed by atoms with Gasteiger partial charge < -0.3 is 5.32 Å². The van der Waals surface area contributed by atoms with Crippen molar-refractivity contribution in [1.82, 2.24) is 5.32 Å². The summed E-state index contributed by atoms with van der Waals surface area (Å²) in [5, 5.41) is 3.56. The van der Waals surface area contributed by atoms with Gasteiger partial charge in [-0.3, -0.25) is 0 Å². The second-order valence-corrected chi connectivity index (χ2v) is 8.05. The van der Waals surface area contributed by atoms with Crippen molar-refractivity contribution < 1.29 is 0 Å². The molecule has 33 heavy (non-hydrogen) atoms. The van der Waals surface area contributed by atoms with E-state index in [0.29, 0.717) is 0 Å². The van der Waals surface area contributed by atoms with Crippen molar-refractivity contribution in [2.75, 3.05) is 6.54 Å². The van der Waals surface area contributed by atoms with E-state index in [9.17, 15) is 0 Å². The van der Waals surface area contributed by atoms with E-state index in [-0.39, 0.29) is 0 Å². The van der Waals surface area contributed by atoms with E-state index in [1.807, 2.05) is 36.5 Å². The normalized spacial score (nSPS) is 29.8. The SMILES string of the molecule is CC1=C(CCCCCCCNC2=C/C=C\C=C/C=C\C=C/C=C\2)/C=C\C=C/C=C\C=C/C=C\1. The van der Waals surface area contributed by atoms with Crippen molar-refractivity contribution in [3.8, 4) is 0 Å². The van der Waals surface area contributed by atoms with Crippen LogP contribution in [0.2, 0.25) is 0 Å². The van der Waals surface area contributed by atoms with Gasteiger partial charge in [-0.1, -0.05) is 135 Å². The highest BCUT2D eigenvalue weighted by molar-refractivity contribution is 5.35. The second kappa shape index (κ2) is 18.3. The van der Waals surface area contributed by atoms with Crippen molar-refractivity contribution in [3.05, 3.63) is 144 Å². The number of hydrogen-bond donors (Lipinski definition) is 1. The summed E-state index contributed by atoms with van der Waals surface area (Å²) in [6, 6.07) is 0. The van der Waals surface area contributed by atoms with Crippen molar-refractivity contribution in [2.45, 2.75) is 45.4 Å². The molecule has 0 atom stereocenters. The Balaban J connectivity index is 1.68. The van der Waals surface area contributed by atoms with Crippen LogP contribution in [0.5, 0.6) is 0 Å². The molecule has 1 heteroatoms. The fourth-order valence-corrected chi connectivity index (χ4v) is 3.42. The molecule has 0 spiro atoms. The number of hydrogen-bond acceptors (Lipinski definition) is 1. The van der Waals surface area contributed by atoms with E-state index in [0.717, 1.165) is 18.7 Å². The highest BCUT2D eigenvalue weighted by Crippen LogP contribution is 2.17. The van der Waals surface area contributed by atoms with E-state index >= 15 is 0 Å². The average molecular weight is 438 g/mol. The van der Waals surface area contributed by atoms with Crippen LogP contribution in [0.4, 0.5) is 0 Å². The van der Waals surface area contributed by atoms with Crippen molar-refractivity contribution in [3.63, 3.8) is 0 Å². The van der Waals surface area contributed by atoms with Gasteiger partial charge in [-0.05, 0) is 49.5 Å². The van der Waals surface area contributed by atoms with Crippen LogP contribution in [0, 0.1) is 0 Å². The van der Waals surface area contributed by atoms with Crippen molar-refractivity contribution in [2.24, 2.45) is 0 Å². The van der Waals surface area contributed by atoms with Gasteiger partial charge in [0, 0.05) is 12.2 Å². The molecule has 0 heterocycles. The van der Waals surface area contributed by atoms with Crippen LogP contribution in [-0.2, 0) is 0 Å². The Hall–Kier alpha value is -3.32. The minimum atomic E-state index is 1.01. The highest BCUT2D eigenvalue weighted by atomic mass is 14.9. The van der Waals surface area contributed by atoms with Gasteiger partial charge in [-0.15, -0.1) is 0 Å². The van der Waals surface area contributed by atoms with Crippen LogP contribution >= 0.6 is 0 Å². The minimum Gasteiger partial charge on any atom is -0.385 e. The lowest BCUT2D eigenvalue weighted by Gasteiger charge is -2.08. The van der Waals surface area contributed by atoms with E-state index in [4.69, 9.17) is 0 Å². The Morgan fingerprint density at radius 2 is 0.970 bits per heavy atom. The molecule has 172 valence electrons. The van der Waals surface area contributed by atoms with Crippen LogP contribution in [-0.4, -0.2) is 6.54 Å². The van der Waals surface area contributed by atoms with Gasteiger partial charge in [0.25, 0.3) is 0 Å². The molecule has 0 saturated heterocycles. The van der Waals surface area contributed by atoms with E-state index in [1.54, 1.807) is 0 Å². The lowest BCUT2D eigenvalue weighted by atomic mass is 10.0. The van der Waals surface area contributed by atoms with Crippen molar-refractivity contribution in [1.29, 1.82) is 0 Å². The summed E-state index contributed by atoms with van der Waals surface area (Å²) < 4.78 is 0. The molecule has 2 rings (SSSR count). The maximum Gasteiger partial charge on any atom is 0.0340 e. The maximum atomic E-state index is 3.56. The molecule has 0 saturated carbocycles. The summed E-state index contributed by atoms with van der Waals surface area (Å²) in [7, 11) is 0. The zero-order valence-corrected chi connectivity index (χ0v) is 20.1. The van der Waals surface area contributed by atoms with Gasteiger partial charge >= 0.3 is 0 Å². The molecule has 0 unspecified atom stereocenters. The Labute approximate surface area is 201 Å². The molecule has 0 fully saturated rings. The van der Waals surface area contributed by atoms with Gasteiger partial charge in [0.15, 0.2) is 0 Å². The van der Waals surface area contributed by atoms with Gasteiger partial charge in [-0.2, -0.15) is 0 Å². The van der Waals surface area contributed by atoms with Crippen molar-refractivity contribution >= 4 is 0 Å². The maximum absolute atomic E-state index is 3.56. The smallest absolute Gasteiger partial charge is 0.0340 e. The summed E-state index contributed by atoms with van der Waals surface area (Å²) in [6.45, 7) is 3.22. The molecule has 2 aliphatic carbocycles. The van der Waals surface area contributed by atoms with Crippen LogP contribution in [0.1, 0.15) is 45.4 Å². The molecule has 1 N–H and O–H groups in total. The average Bonchev–Trinajstić information content (AvgIpc) is 2.80. The summed E-state index contributed by atoms with van der Waals surface area (Å²) in [5.74, 6) is 0. The highest BCUT2D eigenvalue weighted by Gasteiger charge is 1.99. The van der Waals surface area contributed by atoms with Crippen LogP contribution in [0.15, 0.2) is 144 Å². The standard InChI is InChI=1S/C32H39N/c1-30-24-18-12-7-5-6-8-13-19-25-31(30)26-20-14-11-17-23-29-33-32-27-21-15-9-3-2-4-10-16-22-28-32/h2-10,12-13,15-16,18-19,21-22,24-25,27-28,33H,11,14,17,20,23,26,29H2,1H3/b3-2-,4-2?,6-5-,7-5?,8-6?,9-3?,10-4-,12-7-,13-8-,15-9-,16-10?,18-12?,19-13?,21-15?,22-16-,24-18-,25-19-,27-21-,28-22?,30-24?,31-25?,31-30+,32-27?,32-28+. The van der Waals surface area contributed by atoms with Gasteiger partial charge in [0.2, 0.25) is 0 Å². The third kappa shape index (κ3) is 13.6. The molecule has 2 aliphatic rings. The molecule has 0 radical (unpaired) electrons. The fourth-order valence-electron chi connectivity index (χ4n) is 3.42. The number of rotatable bonds is 9. The third-order valence-corrected chi connectivity index (χ3v) is 5.32. The monoisotopic (exact) mass is 437 g/mol. The Bertz CT molecular complexity index is 918. The predicted molar refractivity (Wildman–Crippen MR) is 148 cm³/mol. The summed E-state index contributed by atoms with van der Waals surface area (Å²) >= 11 is 0. The molecule has 0 aromatic carbocycles. The quantitative estimate of drug-likeness (QED) is 0.356. The second-order valence-electron chi connectivity index (χ2n) is 8.05. The van der Waals surface area contributed by atoms with Gasteiger partial charge in [0.1, 0.15) is 0 Å². The Morgan fingerprint density at radius 1 is 0.485 bits per heavy atom. The molecule has 1 nitrogen and oxygen atoms in total. The van der Waals surface area contributed by atoms with Gasteiger partial charge in [0.05, 0.1) is 0 Å². The molecule has 0 aromatic heterocycles. The van der Waals surface area contributed by atoms with E-state index in [1.165, 1.54) is 43.3 Å². The zero-order valence-electron chi connectivity index (χ0n) is 20.1. The summed E-state index contributed by atoms with van der Waals surface area (Å²) in [4.78, 5) is 0. The van der Waals surface area contributed by atoms with Gasteiger partial charge in [-0.25, -0.2) is 0 Å². The first-order chi connectivity index (χ1) is 16.4. The van der Waals surface area contributed by atoms with Crippen LogP contribution < -0.4 is 5.32 Å². The molecular weight excluding hydrogens is 398 g/mol. The topological polar surface area (TPSA) is 12.0 Å². The first kappa shape index (κ1) is 25.9. The first-order valence-corrected chi connectivity index (χ1v) is 12.2. The Morgan fingerprint density at radius 3 is 1.64 bits per heavy atom. The molecule has 0 amide bonds. The number of allylic oxidation sites excluding steroid dienone is 23. The number of unbranched alkanes of at least 4 members (excludes halogenated alkanes) is 4. The molecule has 0 bridgehead atoms. The van der Waals surface area contributed by atoms with E-state index < -0.39 is 0 Å². The lowest BCUT2D eigenvalue weighted by Crippen LogP contribution is -2.13. The Kier molecular flexibility index (Phi) is 14.4. The summed E-state index contributed by atoms with van der Waals surface area (Å²) in [5.41, 5.74) is 3.94. The van der Waals surface area contributed by atoms with Crippen LogP contribution in [0.3, 0.4) is 0 Å². The van der Waals surface area contributed by atoms with E-state index in [2.05, 4.69) is 103 Å². The molecule has 0 aromatic rings. The minimum absolute atomic E-state index is 1.01. The summed E-state index contributed by atoms with van der Waals surface area (Å²) in [6.07, 6.45) is 51.3.